The molecule has 1 amide bonds. The number of aromatic nitrogens is 1. The first-order chi connectivity index (χ1) is 14.0. The van der Waals surface area contributed by atoms with Gasteiger partial charge in [0.1, 0.15) is 28.5 Å². The third-order valence-electron chi connectivity index (χ3n) is 4.13. The van der Waals surface area contributed by atoms with Gasteiger partial charge in [-0.2, -0.15) is 0 Å². The van der Waals surface area contributed by atoms with E-state index >= 15 is 0 Å². The van der Waals surface area contributed by atoms with E-state index in [4.69, 9.17) is 18.7 Å². The SMILES string of the molecule is COc1ccc(NC(=O)COC(=O)c2c(-c3ccccc3)noc2C)c(OC)c1. The fourth-order valence-electron chi connectivity index (χ4n) is 2.70. The summed E-state index contributed by atoms with van der Waals surface area (Å²) in [6, 6.07) is 14.0. The van der Waals surface area contributed by atoms with Crippen molar-refractivity contribution < 1.29 is 28.3 Å². The van der Waals surface area contributed by atoms with Crippen molar-refractivity contribution in [2.24, 2.45) is 0 Å². The molecule has 0 saturated carbocycles. The van der Waals surface area contributed by atoms with Crippen molar-refractivity contribution in [3.8, 4) is 22.8 Å². The number of carbonyl (C=O) groups excluding carboxylic acids is 2. The van der Waals surface area contributed by atoms with E-state index in [0.29, 0.717) is 34.2 Å². The van der Waals surface area contributed by atoms with Gasteiger partial charge < -0.3 is 24.1 Å². The Hall–Kier alpha value is -3.81. The standard InChI is InChI=1S/C21H20N2O6/c1-13-19(20(23-29-13)14-7-5-4-6-8-14)21(25)28-12-18(24)22-16-10-9-15(26-2)11-17(16)27-3/h4-11H,12H2,1-3H3,(H,22,24). The Kier molecular flexibility index (Phi) is 6.13. The molecule has 150 valence electrons. The first kappa shape index (κ1) is 19.9. The lowest BCUT2D eigenvalue weighted by atomic mass is 10.1. The van der Waals surface area contributed by atoms with E-state index in [1.807, 2.05) is 18.2 Å². The Morgan fingerprint density at radius 1 is 1.07 bits per heavy atom. The number of rotatable bonds is 7. The number of nitrogens with zero attached hydrogens (tertiary/aromatic N) is 1. The highest BCUT2D eigenvalue weighted by atomic mass is 16.5. The number of ether oxygens (including phenoxy) is 3. The van der Waals surface area contributed by atoms with Crippen LogP contribution in [0.4, 0.5) is 5.69 Å². The van der Waals surface area contributed by atoms with Gasteiger partial charge in [0.15, 0.2) is 6.61 Å². The van der Waals surface area contributed by atoms with Crippen LogP contribution in [-0.4, -0.2) is 37.9 Å². The monoisotopic (exact) mass is 396 g/mol. The fourth-order valence-corrected chi connectivity index (χ4v) is 2.70. The highest BCUT2D eigenvalue weighted by molar-refractivity contribution is 5.99. The van der Waals surface area contributed by atoms with Gasteiger partial charge in [-0.25, -0.2) is 4.79 Å². The number of benzene rings is 2. The average molecular weight is 396 g/mol. The number of carbonyl (C=O) groups is 2. The van der Waals surface area contributed by atoms with Crippen LogP contribution < -0.4 is 14.8 Å². The molecule has 3 rings (SSSR count). The molecule has 0 fully saturated rings. The highest BCUT2D eigenvalue weighted by Gasteiger charge is 2.23. The van der Waals surface area contributed by atoms with Crippen molar-refractivity contribution >= 4 is 17.6 Å². The van der Waals surface area contributed by atoms with Gasteiger partial charge in [0, 0.05) is 11.6 Å². The van der Waals surface area contributed by atoms with E-state index in [9.17, 15) is 9.59 Å². The van der Waals surface area contributed by atoms with Crippen molar-refractivity contribution in [3.05, 3.63) is 59.9 Å². The van der Waals surface area contributed by atoms with Crippen molar-refractivity contribution in [2.45, 2.75) is 6.92 Å². The van der Waals surface area contributed by atoms with Gasteiger partial charge in [-0.1, -0.05) is 35.5 Å². The molecule has 0 radical (unpaired) electrons. The maximum atomic E-state index is 12.5. The first-order valence-corrected chi connectivity index (χ1v) is 8.74. The maximum absolute atomic E-state index is 12.5. The zero-order chi connectivity index (χ0) is 20.8. The average Bonchev–Trinajstić information content (AvgIpc) is 3.14. The summed E-state index contributed by atoms with van der Waals surface area (Å²) in [6.07, 6.45) is 0. The Balaban J connectivity index is 1.68. The molecule has 0 bridgehead atoms. The summed E-state index contributed by atoms with van der Waals surface area (Å²) in [7, 11) is 3.01. The van der Waals surface area contributed by atoms with Crippen molar-refractivity contribution in [2.75, 3.05) is 26.1 Å². The number of esters is 1. The zero-order valence-electron chi connectivity index (χ0n) is 16.2. The van der Waals surface area contributed by atoms with E-state index in [1.165, 1.54) is 14.2 Å². The number of nitrogens with one attached hydrogen (secondary N) is 1. The minimum absolute atomic E-state index is 0.186. The van der Waals surface area contributed by atoms with Crippen LogP contribution in [0.1, 0.15) is 16.1 Å². The predicted molar refractivity (Wildman–Crippen MR) is 105 cm³/mol. The number of aryl methyl sites for hydroxylation is 1. The van der Waals surface area contributed by atoms with Crippen LogP contribution >= 0.6 is 0 Å². The second-order valence-electron chi connectivity index (χ2n) is 6.02. The molecule has 0 aliphatic carbocycles. The second kappa shape index (κ2) is 8.92. The number of hydrogen-bond acceptors (Lipinski definition) is 7. The van der Waals surface area contributed by atoms with Gasteiger partial charge >= 0.3 is 5.97 Å². The topological polar surface area (TPSA) is 99.9 Å². The first-order valence-electron chi connectivity index (χ1n) is 8.74. The lowest BCUT2D eigenvalue weighted by molar-refractivity contribution is -0.119. The molecule has 0 spiro atoms. The smallest absolute Gasteiger partial charge is 0.344 e. The van der Waals surface area contributed by atoms with Crippen LogP contribution in [0.25, 0.3) is 11.3 Å². The summed E-state index contributed by atoms with van der Waals surface area (Å²) in [5.41, 5.74) is 1.69. The van der Waals surface area contributed by atoms with E-state index < -0.39 is 18.5 Å². The fraction of sp³-hybridized carbons (Fsp3) is 0.190. The van der Waals surface area contributed by atoms with Crippen molar-refractivity contribution in [3.63, 3.8) is 0 Å². The predicted octanol–water partition coefficient (Wildman–Crippen LogP) is 3.46. The molecule has 2 aromatic carbocycles. The summed E-state index contributed by atoms with van der Waals surface area (Å²) in [5, 5.41) is 6.57. The Morgan fingerprint density at radius 2 is 1.83 bits per heavy atom. The maximum Gasteiger partial charge on any atom is 0.344 e. The Morgan fingerprint density at radius 3 is 2.52 bits per heavy atom. The number of amides is 1. The van der Waals surface area contributed by atoms with Crippen LogP contribution in [0, 0.1) is 6.92 Å². The van der Waals surface area contributed by atoms with Gasteiger partial charge in [0.2, 0.25) is 0 Å². The van der Waals surface area contributed by atoms with Crippen LogP contribution in [0.2, 0.25) is 0 Å². The zero-order valence-corrected chi connectivity index (χ0v) is 16.2. The third kappa shape index (κ3) is 4.55. The van der Waals surface area contributed by atoms with Crippen molar-refractivity contribution in [1.82, 2.24) is 5.16 Å². The number of hydrogen-bond donors (Lipinski definition) is 1. The molecule has 1 N–H and O–H groups in total. The Bertz CT molecular complexity index is 1010. The molecule has 29 heavy (non-hydrogen) atoms. The molecular weight excluding hydrogens is 376 g/mol. The molecule has 0 atom stereocenters. The highest BCUT2D eigenvalue weighted by Crippen LogP contribution is 2.29. The van der Waals surface area contributed by atoms with Crippen LogP contribution in [0.3, 0.4) is 0 Å². The minimum Gasteiger partial charge on any atom is -0.497 e. The minimum atomic E-state index is -0.695. The lowest BCUT2D eigenvalue weighted by Gasteiger charge is -2.11. The molecule has 8 heteroatoms. The molecule has 1 heterocycles. The van der Waals surface area contributed by atoms with E-state index in [1.54, 1.807) is 37.3 Å². The Labute approximate surface area is 167 Å². The van der Waals surface area contributed by atoms with E-state index in [-0.39, 0.29) is 5.56 Å². The van der Waals surface area contributed by atoms with Gasteiger partial charge in [-0.05, 0) is 19.1 Å². The van der Waals surface area contributed by atoms with Gasteiger partial charge in [0.05, 0.1) is 19.9 Å². The second-order valence-corrected chi connectivity index (χ2v) is 6.02. The molecular formula is C21H20N2O6. The molecule has 0 unspecified atom stereocenters. The number of anilines is 1. The normalized spacial score (nSPS) is 10.3. The summed E-state index contributed by atoms with van der Waals surface area (Å²) in [6.45, 7) is 1.13. The van der Waals surface area contributed by atoms with Crippen LogP contribution in [0.15, 0.2) is 53.1 Å². The van der Waals surface area contributed by atoms with Crippen LogP contribution in [-0.2, 0) is 9.53 Å². The lowest BCUT2D eigenvalue weighted by Crippen LogP contribution is -2.21. The largest absolute Gasteiger partial charge is 0.497 e. The van der Waals surface area contributed by atoms with E-state index in [0.717, 1.165) is 0 Å². The summed E-state index contributed by atoms with van der Waals surface area (Å²) in [4.78, 5) is 24.8. The van der Waals surface area contributed by atoms with E-state index in [2.05, 4.69) is 10.5 Å². The summed E-state index contributed by atoms with van der Waals surface area (Å²) >= 11 is 0. The molecule has 0 aliphatic heterocycles. The third-order valence-corrected chi connectivity index (χ3v) is 4.13. The quantitative estimate of drug-likeness (QED) is 0.611. The van der Waals surface area contributed by atoms with Crippen molar-refractivity contribution in [1.29, 1.82) is 0 Å². The molecule has 0 aliphatic rings. The molecule has 0 saturated heterocycles. The summed E-state index contributed by atoms with van der Waals surface area (Å²) < 4.78 is 20.7. The molecule has 3 aromatic rings. The van der Waals surface area contributed by atoms with Gasteiger partial charge in [-0.3, -0.25) is 4.79 Å². The molecule has 8 nitrogen and oxygen atoms in total. The van der Waals surface area contributed by atoms with Crippen LogP contribution in [0.5, 0.6) is 11.5 Å². The van der Waals surface area contributed by atoms with Gasteiger partial charge in [0.25, 0.3) is 5.91 Å². The summed E-state index contributed by atoms with van der Waals surface area (Å²) in [5.74, 6) is 0.107. The molecule has 1 aromatic heterocycles. The van der Waals surface area contributed by atoms with Gasteiger partial charge in [-0.15, -0.1) is 0 Å². The number of methoxy groups -OCH3 is 2.